The summed E-state index contributed by atoms with van der Waals surface area (Å²) in [6, 6.07) is 6.38. The van der Waals surface area contributed by atoms with Gasteiger partial charge in [0.2, 0.25) is 0 Å². The highest BCUT2D eigenvalue weighted by atomic mass is 32.1. The zero-order valence-electron chi connectivity index (χ0n) is 15.6. The molecule has 5 rings (SSSR count). The average Bonchev–Trinajstić information content (AvgIpc) is 2.56. The molecular weight excluding hydrogens is 344 g/mol. The van der Waals surface area contributed by atoms with Gasteiger partial charge >= 0.3 is 0 Å². The van der Waals surface area contributed by atoms with Crippen LogP contribution in [-0.4, -0.2) is 23.7 Å². The van der Waals surface area contributed by atoms with Gasteiger partial charge in [-0.15, -0.1) is 0 Å². The fourth-order valence-electron chi connectivity index (χ4n) is 5.62. The van der Waals surface area contributed by atoms with Crippen molar-refractivity contribution in [3.63, 3.8) is 0 Å². The molecule has 26 heavy (non-hydrogen) atoms. The van der Waals surface area contributed by atoms with Gasteiger partial charge in [0.05, 0.1) is 0 Å². The molecule has 2 N–H and O–H groups in total. The number of thiocarbonyl (C=S) groups is 1. The van der Waals surface area contributed by atoms with E-state index in [1.807, 2.05) is 32.0 Å². The molecule has 0 aromatic heterocycles. The van der Waals surface area contributed by atoms with Crippen LogP contribution in [0.2, 0.25) is 0 Å². The summed E-state index contributed by atoms with van der Waals surface area (Å²) in [5.74, 6) is 3.87. The maximum atomic E-state index is 12.2. The van der Waals surface area contributed by atoms with E-state index in [0.29, 0.717) is 11.2 Å². The molecule has 0 saturated heterocycles. The summed E-state index contributed by atoms with van der Waals surface area (Å²) in [7, 11) is 0. The number of amides is 1. The highest BCUT2D eigenvalue weighted by Crippen LogP contribution is 2.53. The van der Waals surface area contributed by atoms with Crippen molar-refractivity contribution in [2.24, 2.45) is 23.7 Å². The lowest BCUT2D eigenvalue weighted by molar-refractivity contribution is -0.121. The summed E-state index contributed by atoms with van der Waals surface area (Å²) in [6.45, 7) is 4.00. The summed E-state index contributed by atoms with van der Waals surface area (Å²) in [6.07, 6.45) is 6.76. The van der Waals surface area contributed by atoms with Crippen LogP contribution in [0, 0.1) is 37.5 Å². The lowest BCUT2D eigenvalue weighted by Gasteiger charge is -2.54. The van der Waals surface area contributed by atoms with Crippen molar-refractivity contribution < 1.29 is 9.53 Å². The molecule has 0 spiro atoms. The SMILES string of the molecule is Cc1ccc(OCC(=O)NC(=S)NC2C3CC4CC(C3)CC2C4)c(C)c1. The third-order valence-electron chi connectivity index (χ3n) is 6.47. The third-order valence-corrected chi connectivity index (χ3v) is 6.69. The van der Waals surface area contributed by atoms with Crippen LogP contribution in [0.3, 0.4) is 0 Å². The van der Waals surface area contributed by atoms with Gasteiger partial charge in [-0.1, -0.05) is 17.7 Å². The second-order valence-electron chi connectivity index (χ2n) is 8.54. The van der Waals surface area contributed by atoms with E-state index in [1.165, 1.54) is 37.7 Å². The van der Waals surface area contributed by atoms with Crippen molar-refractivity contribution in [3.05, 3.63) is 29.3 Å². The maximum absolute atomic E-state index is 12.2. The molecule has 4 aliphatic rings. The zero-order chi connectivity index (χ0) is 18.3. The van der Waals surface area contributed by atoms with Crippen molar-refractivity contribution >= 4 is 23.2 Å². The molecule has 140 valence electrons. The summed E-state index contributed by atoms with van der Waals surface area (Å²) >= 11 is 5.40. The van der Waals surface area contributed by atoms with Crippen LogP contribution in [0.4, 0.5) is 0 Å². The van der Waals surface area contributed by atoms with E-state index in [1.54, 1.807) is 0 Å². The highest BCUT2D eigenvalue weighted by molar-refractivity contribution is 7.80. The normalized spacial score (nSPS) is 31.5. The number of benzene rings is 1. The molecule has 1 aromatic carbocycles. The number of ether oxygens (including phenoxy) is 1. The number of carbonyl (C=O) groups is 1. The van der Waals surface area contributed by atoms with Gasteiger partial charge in [0, 0.05) is 6.04 Å². The van der Waals surface area contributed by atoms with E-state index in [2.05, 4.69) is 10.6 Å². The minimum atomic E-state index is -0.203. The second-order valence-corrected chi connectivity index (χ2v) is 8.94. The van der Waals surface area contributed by atoms with E-state index >= 15 is 0 Å². The monoisotopic (exact) mass is 372 g/mol. The third kappa shape index (κ3) is 3.73. The molecule has 4 bridgehead atoms. The van der Waals surface area contributed by atoms with E-state index in [0.717, 1.165) is 35.0 Å². The smallest absolute Gasteiger partial charge is 0.264 e. The Kier molecular flexibility index (Phi) is 4.91. The molecule has 1 aromatic rings. The average molecular weight is 373 g/mol. The summed E-state index contributed by atoms with van der Waals surface area (Å²) < 4.78 is 5.64. The van der Waals surface area contributed by atoms with E-state index in [-0.39, 0.29) is 12.5 Å². The standard InChI is InChI=1S/C21H28N2O2S/c1-12-3-4-18(13(2)5-12)25-11-19(24)22-21(26)23-20-16-7-14-6-15(9-16)10-17(20)8-14/h3-5,14-17,20H,6-11H2,1-2H3,(H2,22,23,24,26). The Hall–Kier alpha value is -1.62. The van der Waals surface area contributed by atoms with Crippen LogP contribution in [0.1, 0.15) is 43.2 Å². The fourth-order valence-corrected chi connectivity index (χ4v) is 5.87. The van der Waals surface area contributed by atoms with Crippen molar-refractivity contribution in [1.82, 2.24) is 10.6 Å². The summed E-state index contributed by atoms with van der Waals surface area (Å²) in [5.41, 5.74) is 2.22. The number of hydrogen-bond donors (Lipinski definition) is 2. The van der Waals surface area contributed by atoms with Crippen LogP contribution in [0.25, 0.3) is 0 Å². The summed E-state index contributed by atoms with van der Waals surface area (Å²) in [4.78, 5) is 12.2. The van der Waals surface area contributed by atoms with Gasteiger partial charge in [0.1, 0.15) is 5.75 Å². The lowest BCUT2D eigenvalue weighted by Crippen LogP contribution is -2.58. The number of nitrogens with one attached hydrogen (secondary N) is 2. The molecular formula is C21H28N2O2S. The zero-order valence-corrected chi connectivity index (χ0v) is 16.4. The summed E-state index contributed by atoms with van der Waals surface area (Å²) in [5, 5.41) is 6.71. The predicted octanol–water partition coefficient (Wildman–Crippen LogP) is 3.50. The van der Waals surface area contributed by atoms with E-state index in [9.17, 15) is 4.79 Å². The van der Waals surface area contributed by atoms with Crippen molar-refractivity contribution in [1.29, 1.82) is 0 Å². The molecule has 4 nitrogen and oxygen atoms in total. The second kappa shape index (κ2) is 7.18. The minimum Gasteiger partial charge on any atom is -0.483 e. The first kappa shape index (κ1) is 17.8. The van der Waals surface area contributed by atoms with Crippen molar-refractivity contribution in [2.75, 3.05) is 6.61 Å². The van der Waals surface area contributed by atoms with Gasteiger partial charge in [-0.2, -0.15) is 0 Å². The van der Waals surface area contributed by atoms with Gasteiger partial charge in [-0.25, -0.2) is 0 Å². The Morgan fingerprint density at radius 3 is 2.38 bits per heavy atom. The molecule has 4 saturated carbocycles. The first-order chi connectivity index (χ1) is 12.5. The van der Waals surface area contributed by atoms with Crippen LogP contribution in [0.15, 0.2) is 18.2 Å². The first-order valence-electron chi connectivity index (χ1n) is 9.78. The van der Waals surface area contributed by atoms with E-state index < -0.39 is 0 Å². The molecule has 4 fully saturated rings. The van der Waals surface area contributed by atoms with Gasteiger partial charge in [-0.3, -0.25) is 4.79 Å². The molecule has 0 atom stereocenters. The molecule has 0 heterocycles. The lowest BCUT2D eigenvalue weighted by atomic mass is 9.54. The first-order valence-corrected chi connectivity index (χ1v) is 10.2. The molecule has 0 radical (unpaired) electrons. The number of aryl methyl sites for hydroxylation is 2. The largest absolute Gasteiger partial charge is 0.483 e. The van der Waals surface area contributed by atoms with Crippen LogP contribution < -0.4 is 15.4 Å². The van der Waals surface area contributed by atoms with Crippen molar-refractivity contribution in [2.45, 2.75) is 52.0 Å². The Morgan fingerprint density at radius 1 is 1.12 bits per heavy atom. The fraction of sp³-hybridized carbons (Fsp3) is 0.619. The van der Waals surface area contributed by atoms with Crippen LogP contribution in [-0.2, 0) is 4.79 Å². The number of hydrogen-bond acceptors (Lipinski definition) is 3. The van der Waals surface area contributed by atoms with Gasteiger partial charge in [0.25, 0.3) is 5.91 Å². The molecule has 5 heteroatoms. The minimum absolute atomic E-state index is 0.0204. The van der Waals surface area contributed by atoms with Crippen molar-refractivity contribution in [3.8, 4) is 5.75 Å². The number of carbonyl (C=O) groups excluding carboxylic acids is 1. The van der Waals surface area contributed by atoms with Gasteiger partial charge in [0.15, 0.2) is 11.7 Å². The molecule has 1 amide bonds. The number of rotatable bonds is 4. The Labute approximate surface area is 161 Å². The Balaban J connectivity index is 1.26. The van der Waals surface area contributed by atoms with Gasteiger partial charge in [-0.05, 0) is 93.5 Å². The Bertz CT molecular complexity index is 690. The molecule has 4 aliphatic carbocycles. The Morgan fingerprint density at radius 2 is 1.77 bits per heavy atom. The quantitative estimate of drug-likeness (QED) is 0.795. The van der Waals surface area contributed by atoms with Crippen LogP contribution >= 0.6 is 12.2 Å². The predicted molar refractivity (Wildman–Crippen MR) is 106 cm³/mol. The maximum Gasteiger partial charge on any atom is 0.264 e. The van der Waals surface area contributed by atoms with Crippen LogP contribution in [0.5, 0.6) is 5.75 Å². The van der Waals surface area contributed by atoms with Gasteiger partial charge < -0.3 is 15.4 Å². The highest BCUT2D eigenvalue weighted by Gasteiger charge is 2.48. The van der Waals surface area contributed by atoms with E-state index in [4.69, 9.17) is 17.0 Å². The topological polar surface area (TPSA) is 50.4 Å². The molecule has 0 unspecified atom stereocenters. The molecule has 0 aliphatic heterocycles.